The zero-order valence-electron chi connectivity index (χ0n) is 20.1. The number of anilines is 1. The second kappa shape index (κ2) is 13.9. The molecule has 174 valence electrons. The third-order valence-electron chi connectivity index (χ3n) is 6.40. The molecule has 2 aromatic heterocycles. The molecule has 0 unspecified atom stereocenters. The highest BCUT2D eigenvalue weighted by molar-refractivity contribution is 5.82. The van der Waals surface area contributed by atoms with Gasteiger partial charge in [0, 0.05) is 18.4 Å². The topological polar surface area (TPSA) is 56.7 Å². The molecule has 0 radical (unpaired) electrons. The van der Waals surface area contributed by atoms with Gasteiger partial charge in [-0.1, -0.05) is 96.5 Å². The van der Waals surface area contributed by atoms with Crippen molar-refractivity contribution in [2.75, 3.05) is 5.73 Å². The summed E-state index contributed by atoms with van der Waals surface area (Å²) in [5.41, 5.74) is 9.87. The average Bonchev–Trinajstić information content (AvgIpc) is 3.17. The molecule has 4 nitrogen and oxygen atoms in total. The summed E-state index contributed by atoms with van der Waals surface area (Å²) >= 11 is 0. The fourth-order valence-corrected chi connectivity index (χ4v) is 4.52. The van der Waals surface area contributed by atoms with Crippen LogP contribution in [-0.4, -0.2) is 14.5 Å². The number of pyridine rings is 1. The SMILES string of the molecule is CCCCCCCCCCCCCCCCn1c(-c2ccccn2)nc2ccc(N)cc21. The summed E-state index contributed by atoms with van der Waals surface area (Å²) < 4.78 is 2.30. The minimum Gasteiger partial charge on any atom is -0.399 e. The number of fused-ring (bicyclic) bond motifs is 1. The number of imidazole rings is 1. The number of hydrogen-bond acceptors (Lipinski definition) is 3. The second-order valence-electron chi connectivity index (χ2n) is 9.15. The Labute approximate surface area is 194 Å². The van der Waals surface area contributed by atoms with Gasteiger partial charge in [-0.2, -0.15) is 0 Å². The number of hydrogen-bond donors (Lipinski definition) is 1. The minimum absolute atomic E-state index is 0.784. The third kappa shape index (κ3) is 7.65. The summed E-state index contributed by atoms with van der Waals surface area (Å²) in [6.45, 7) is 3.25. The number of benzene rings is 1. The fraction of sp³-hybridized carbons (Fsp3) is 0.571. The van der Waals surface area contributed by atoms with Crippen molar-refractivity contribution in [3.8, 4) is 11.5 Å². The minimum atomic E-state index is 0.784. The van der Waals surface area contributed by atoms with Gasteiger partial charge in [-0.25, -0.2) is 4.98 Å². The van der Waals surface area contributed by atoms with E-state index in [1.807, 2.05) is 42.6 Å². The monoisotopic (exact) mass is 434 g/mol. The van der Waals surface area contributed by atoms with Crippen LogP contribution in [0.1, 0.15) is 96.8 Å². The van der Waals surface area contributed by atoms with Gasteiger partial charge in [0.1, 0.15) is 5.69 Å². The Balaban J connectivity index is 1.36. The first kappa shape index (κ1) is 24.3. The van der Waals surface area contributed by atoms with Crippen LogP contribution in [0.15, 0.2) is 42.6 Å². The van der Waals surface area contributed by atoms with E-state index in [9.17, 15) is 0 Å². The van der Waals surface area contributed by atoms with Crippen LogP contribution in [0.4, 0.5) is 5.69 Å². The summed E-state index contributed by atoms with van der Waals surface area (Å²) in [5.74, 6) is 0.945. The second-order valence-corrected chi connectivity index (χ2v) is 9.15. The molecule has 0 aliphatic heterocycles. The van der Waals surface area contributed by atoms with Gasteiger partial charge in [0.2, 0.25) is 0 Å². The van der Waals surface area contributed by atoms with Gasteiger partial charge in [0.05, 0.1) is 11.0 Å². The average molecular weight is 435 g/mol. The van der Waals surface area contributed by atoms with Crippen LogP contribution in [0, 0.1) is 0 Å². The maximum Gasteiger partial charge on any atom is 0.159 e. The standard InChI is InChI=1S/C28H42N4/c1-2-3-4-5-6-7-8-9-10-11-12-13-14-17-22-32-27-23-24(29)19-20-25(27)31-28(32)26-18-15-16-21-30-26/h15-16,18-21,23H,2-14,17,22,29H2,1H3. The first-order valence-corrected chi connectivity index (χ1v) is 13.0. The van der Waals surface area contributed by atoms with Crippen molar-refractivity contribution in [1.29, 1.82) is 0 Å². The lowest BCUT2D eigenvalue weighted by Crippen LogP contribution is -2.02. The van der Waals surface area contributed by atoms with Gasteiger partial charge in [-0.15, -0.1) is 0 Å². The van der Waals surface area contributed by atoms with E-state index < -0.39 is 0 Å². The lowest BCUT2D eigenvalue weighted by atomic mass is 10.0. The molecule has 0 amide bonds. The van der Waals surface area contributed by atoms with E-state index >= 15 is 0 Å². The van der Waals surface area contributed by atoms with E-state index in [4.69, 9.17) is 10.7 Å². The van der Waals surface area contributed by atoms with Crippen molar-refractivity contribution in [3.63, 3.8) is 0 Å². The number of nitrogens with zero attached hydrogens (tertiary/aromatic N) is 3. The molecule has 0 aliphatic rings. The molecular formula is C28H42N4. The molecule has 3 aromatic rings. The van der Waals surface area contributed by atoms with Gasteiger partial charge in [0.15, 0.2) is 5.82 Å². The Morgan fingerprint density at radius 2 is 1.38 bits per heavy atom. The molecule has 0 saturated carbocycles. The van der Waals surface area contributed by atoms with Crippen molar-refractivity contribution in [1.82, 2.24) is 14.5 Å². The maximum absolute atomic E-state index is 6.06. The predicted octanol–water partition coefficient (Wildman–Crippen LogP) is 8.16. The van der Waals surface area contributed by atoms with Crippen LogP contribution in [0.5, 0.6) is 0 Å². The smallest absolute Gasteiger partial charge is 0.159 e. The molecule has 3 rings (SSSR count). The first-order chi connectivity index (χ1) is 15.8. The van der Waals surface area contributed by atoms with Gasteiger partial charge >= 0.3 is 0 Å². The summed E-state index contributed by atoms with van der Waals surface area (Å²) in [6.07, 6.45) is 21.1. The molecule has 0 atom stereocenters. The van der Waals surface area contributed by atoms with Gasteiger partial charge in [0.25, 0.3) is 0 Å². The molecule has 0 saturated heterocycles. The van der Waals surface area contributed by atoms with Crippen molar-refractivity contribution in [2.45, 2.75) is 103 Å². The van der Waals surface area contributed by atoms with Gasteiger partial charge in [-0.3, -0.25) is 4.98 Å². The van der Waals surface area contributed by atoms with Crippen LogP contribution >= 0.6 is 0 Å². The van der Waals surface area contributed by atoms with Gasteiger partial charge in [-0.05, 0) is 36.8 Å². The highest BCUT2D eigenvalue weighted by atomic mass is 15.1. The molecule has 0 aliphatic carbocycles. The molecular weight excluding hydrogens is 392 g/mol. The van der Waals surface area contributed by atoms with Crippen molar-refractivity contribution < 1.29 is 0 Å². The quantitative estimate of drug-likeness (QED) is 0.183. The summed E-state index contributed by atoms with van der Waals surface area (Å²) in [5, 5.41) is 0. The molecule has 0 spiro atoms. The number of nitrogen functional groups attached to an aromatic ring is 1. The Kier molecular flexibility index (Phi) is 10.6. The van der Waals surface area contributed by atoms with E-state index in [0.717, 1.165) is 41.2 Å². The maximum atomic E-state index is 6.06. The summed E-state index contributed by atoms with van der Waals surface area (Å²) in [7, 11) is 0. The largest absolute Gasteiger partial charge is 0.399 e. The number of unbranched alkanes of at least 4 members (excludes halogenated alkanes) is 13. The molecule has 2 heterocycles. The molecule has 4 heteroatoms. The Morgan fingerprint density at radius 3 is 1.97 bits per heavy atom. The van der Waals surface area contributed by atoms with E-state index in [2.05, 4.69) is 16.5 Å². The van der Waals surface area contributed by atoms with E-state index in [1.54, 1.807) is 0 Å². The predicted molar refractivity (Wildman–Crippen MR) is 138 cm³/mol. The zero-order valence-corrected chi connectivity index (χ0v) is 20.1. The van der Waals surface area contributed by atoms with E-state index in [-0.39, 0.29) is 0 Å². The number of nitrogens with two attached hydrogens (primary N) is 1. The lowest BCUT2D eigenvalue weighted by Gasteiger charge is -2.09. The molecule has 0 fully saturated rings. The normalized spacial score (nSPS) is 11.4. The molecule has 2 N–H and O–H groups in total. The van der Waals surface area contributed by atoms with Crippen molar-refractivity contribution in [3.05, 3.63) is 42.6 Å². The zero-order chi connectivity index (χ0) is 22.4. The highest BCUT2D eigenvalue weighted by Crippen LogP contribution is 2.26. The van der Waals surface area contributed by atoms with Crippen LogP contribution < -0.4 is 5.73 Å². The van der Waals surface area contributed by atoms with Crippen LogP contribution in [0.2, 0.25) is 0 Å². The van der Waals surface area contributed by atoms with Crippen molar-refractivity contribution in [2.24, 2.45) is 0 Å². The third-order valence-corrected chi connectivity index (χ3v) is 6.40. The van der Waals surface area contributed by atoms with Gasteiger partial charge < -0.3 is 10.3 Å². The van der Waals surface area contributed by atoms with Crippen LogP contribution in [-0.2, 0) is 6.54 Å². The number of aromatic nitrogens is 3. The molecule has 0 bridgehead atoms. The Morgan fingerprint density at radius 1 is 0.750 bits per heavy atom. The van der Waals surface area contributed by atoms with Crippen LogP contribution in [0.3, 0.4) is 0 Å². The molecule has 32 heavy (non-hydrogen) atoms. The van der Waals surface area contributed by atoms with Crippen molar-refractivity contribution >= 4 is 16.7 Å². The van der Waals surface area contributed by atoms with Crippen LogP contribution in [0.25, 0.3) is 22.6 Å². The Bertz CT molecular complexity index is 900. The first-order valence-electron chi connectivity index (χ1n) is 13.0. The van der Waals surface area contributed by atoms with E-state index in [0.29, 0.717) is 0 Å². The molecule has 1 aromatic carbocycles. The highest BCUT2D eigenvalue weighted by Gasteiger charge is 2.13. The van der Waals surface area contributed by atoms with E-state index in [1.165, 1.54) is 83.5 Å². The summed E-state index contributed by atoms with van der Waals surface area (Å²) in [6, 6.07) is 12.0. The number of rotatable bonds is 16. The number of aryl methyl sites for hydroxylation is 1. The lowest BCUT2D eigenvalue weighted by molar-refractivity contribution is 0.526. The Hall–Kier alpha value is -2.36. The fourth-order valence-electron chi connectivity index (χ4n) is 4.52. The summed E-state index contributed by atoms with van der Waals surface area (Å²) in [4.78, 5) is 9.38.